The maximum atomic E-state index is 12.3. The van der Waals surface area contributed by atoms with E-state index in [0.29, 0.717) is 16.9 Å². The molecule has 1 aromatic carbocycles. The van der Waals surface area contributed by atoms with E-state index >= 15 is 0 Å². The van der Waals surface area contributed by atoms with Crippen LogP contribution in [0.4, 0.5) is 5.69 Å². The van der Waals surface area contributed by atoms with E-state index < -0.39 is 0 Å². The van der Waals surface area contributed by atoms with Crippen molar-refractivity contribution in [2.45, 2.75) is 19.9 Å². The monoisotopic (exact) mass is 285 g/mol. The summed E-state index contributed by atoms with van der Waals surface area (Å²) < 4.78 is 5.19. The third-order valence-electron chi connectivity index (χ3n) is 3.29. The van der Waals surface area contributed by atoms with Crippen LogP contribution < -0.4 is 15.8 Å². The fourth-order valence-electron chi connectivity index (χ4n) is 2.05. The van der Waals surface area contributed by atoms with Gasteiger partial charge in [-0.15, -0.1) is 0 Å². The standard InChI is InChI=1S/C16H19N3O2/c1-10(12-5-4-6-14(7-12)21-3)19-16(20)15-8-13(17)9-18-11(15)2/h4-10H,17H2,1-3H3,(H,19,20). The number of nitrogens with two attached hydrogens (primary N) is 1. The van der Waals surface area contributed by atoms with Gasteiger partial charge in [0.1, 0.15) is 5.75 Å². The maximum absolute atomic E-state index is 12.3. The zero-order valence-electron chi connectivity index (χ0n) is 12.4. The predicted octanol–water partition coefficient (Wildman–Crippen LogP) is 2.47. The van der Waals surface area contributed by atoms with Crippen molar-refractivity contribution in [2.75, 3.05) is 12.8 Å². The second kappa shape index (κ2) is 6.26. The van der Waals surface area contributed by atoms with Crippen molar-refractivity contribution in [3.05, 3.63) is 53.3 Å². The number of nitrogens with one attached hydrogen (secondary N) is 1. The molecule has 1 unspecified atom stereocenters. The molecule has 0 bridgehead atoms. The lowest BCUT2D eigenvalue weighted by atomic mass is 10.1. The van der Waals surface area contributed by atoms with Crippen LogP contribution in [0.25, 0.3) is 0 Å². The van der Waals surface area contributed by atoms with E-state index in [1.165, 1.54) is 6.20 Å². The SMILES string of the molecule is COc1cccc(C(C)NC(=O)c2cc(N)cnc2C)c1. The van der Waals surface area contributed by atoms with E-state index in [1.807, 2.05) is 31.2 Å². The molecule has 0 saturated heterocycles. The molecule has 0 saturated carbocycles. The Morgan fingerprint density at radius 2 is 2.14 bits per heavy atom. The summed E-state index contributed by atoms with van der Waals surface area (Å²) in [7, 11) is 1.62. The molecule has 0 fully saturated rings. The Morgan fingerprint density at radius 3 is 2.86 bits per heavy atom. The van der Waals surface area contributed by atoms with Gasteiger partial charge in [-0.1, -0.05) is 12.1 Å². The Hall–Kier alpha value is -2.56. The summed E-state index contributed by atoms with van der Waals surface area (Å²) in [4.78, 5) is 16.4. The van der Waals surface area contributed by atoms with Crippen molar-refractivity contribution in [3.8, 4) is 5.75 Å². The van der Waals surface area contributed by atoms with E-state index in [0.717, 1.165) is 11.3 Å². The molecular weight excluding hydrogens is 266 g/mol. The van der Waals surface area contributed by atoms with Gasteiger partial charge < -0.3 is 15.8 Å². The summed E-state index contributed by atoms with van der Waals surface area (Å²) in [6.07, 6.45) is 1.54. The Kier molecular flexibility index (Phi) is 4.42. The van der Waals surface area contributed by atoms with Crippen LogP contribution in [0.1, 0.15) is 34.6 Å². The molecule has 1 heterocycles. The van der Waals surface area contributed by atoms with Crippen molar-refractivity contribution in [1.29, 1.82) is 0 Å². The van der Waals surface area contributed by atoms with E-state index in [9.17, 15) is 4.79 Å². The number of nitrogens with zero attached hydrogens (tertiary/aromatic N) is 1. The predicted molar refractivity (Wildman–Crippen MR) is 82.3 cm³/mol. The lowest BCUT2D eigenvalue weighted by Gasteiger charge is -2.16. The molecule has 21 heavy (non-hydrogen) atoms. The minimum Gasteiger partial charge on any atom is -0.497 e. The number of nitrogen functional groups attached to an aromatic ring is 1. The third kappa shape index (κ3) is 3.51. The Labute approximate surface area is 124 Å². The molecule has 1 amide bonds. The molecule has 110 valence electrons. The number of benzene rings is 1. The summed E-state index contributed by atoms with van der Waals surface area (Å²) >= 11 is 0. The van der Waals surface area contributed by atoms with Gasteiger partial charge in [-0.3, -0.25) is 9.78 Å². The summed E-state index contributed by atoms with van der Waals surface area (Å²) in [5, 5.41) is 2.94. The van der Waals surface area contributed by atoms with Gasteiger partial charge in [0.15, 0.2) is 0 Å². The van der Waals surface area contributed by atoms with E-state index in [4.69, 9.17) is 10.5 Å². The molecule has 2 aromatic rings. The number of hydrogen-bond donors (Lipinski definition) is 2. The van der Waals surface area contributed by atoms with Crippen LogP contribution in [0.15, 0.2) is 36.5 Å². The summed E-state index contributed by atoms with van der Waals surface area (Å²) in [6, 6.07) is 9.09. The number of aromatic nitrogens is 1. The average molecular weight is 285 g/mol. The normalized spacial score (nSPS) is 11.8. The van der Waals surface area contributed by atoms with Crippen molar-refractivity contribution >= 4 is 11.6 Å². The molecule has 0 aliphatic heterocycles. The Balaban J connectivity index is 2.16. The van der Waals surface area contributed by atoms with Gasteiger partial charge in [-0.25, -0.2) is 0 Å². The molecule has 3 N–H and O–H groups in total. The highest BCUT2D eigenvalue weighted by Crippen LogP contribution is 2.19. The molecule has 1 atom stereocenters. The highest BCUT2D eigenvalue weighted by atomic mass is 16.5. The molecule has 5 nitrogen and oxygen atoms in total. The molecule has 0 radical (unpaired) electrons. The molecular formula is C16H19N3O2. The third-order valence-corrected chi connectivity index (χ3v) is 3.29. The van der Waals surface area contributed by atoms with Gasteiger partial charge >= 0.3 is 0 Å². The lowest BCUT2D eigenvalue weighted by Crippen LogP contribution is -2.27. The van der Waals surface area contributed by atoms with Crippen LogP contribution in [0.3, 0.4) is 0 Å². The van der Waals surface area contributed by atoms with Gasteiger partial charge in [0, 0.05) is 0 Å². The summed E-state index contributed by atoms with van der Waals surface area (Å²) in [5.41, 5.74) is 8.27. The molecule has 0 aliphatic rings. The molecule has 2 rings (SSSR count). The summed E-state index contributed by atoms with van der Waals surface area (Å²) in [5.74, 6) is 0.568. The number of hydrogen-bond acceptors (Lipinski definition) is 4. The highest BCUT2D eigenvalue weighted by Gasteiger charge is 2.14. The zero-order valence-corrected chi connectivity index (χ0v) is 12.4. The van der Waals surface area contributed by atoms with Crippen LogP contribution in [0.2, 0.25) is 0 Å². The van der Waals surface area contributed by atoms with E-state index in [-0.39, 0.29) is 11.9 Å². The Morgan fingerprint density at radius 1 is 1.38 bits per heavy atom. The van der Waals surface area contributed by atoms with Crippen molar-refractivity contribution in [2.24, 2.45) is 0 Å². The number of amides is 1. The number of anilines is 1. The number of rotatable bonds is 4. The smallest absolute Gasteiger partial charge is 0.253 e. The number of ether oxygens (including phenoxy) is 1. The van der Waals surface area contributed by atoms with E-state index in [2.05, 4.69) is 10.3 Å². The van der Waals surface area contributed by atoms with E-state index in [1.54, 1.807) is 20.1 Å². The quantitative estimate of drug-likeness (QED) is 0.904. The number of aryl methyl sites for hydroxylation is 1. The fourth-order valence-corrected chi connectivity index (χ4v) is 2.05. The van der Waals surface area contributed by atoms with Crippen LogP contribution in [0.5, 0.6) is 5.75 Å². The molecule has 5 heteroatoms. The molecule has 0 aliphatic carbocycles. The minimum atomic E-state index is -0.192. The van der Waals surface area contributed by atoms with Crippen LogP contribution in [-0.4, -0.2) is 18.0 Å². The zero-order chi connectivity index (χ0) is 15.4. The number of carbonyl (C=O) groups is 1. The summed E-state index contributed by atoms with van der Waals surface area (Å²) in [6.45, 7) is 3.70. The van der Waals surface area contributed by atoms with Gasteiger partial charge in [-0.05, 0) is 37.6 Å². The average Bonchev–Trinajstić information content (AvgIpc) is 2.49. The first-order chi connectivity index (χ1) is 10.0. The highest BCUT2D eigenvalue weighted by molar-refractivity contribution is 5.96. The first-order valence-corrected chi connectivity index (χ1v) is 6.68. The van der Waals surface area contributed by atoms with Gasteiger partial charge in [0.25, 0.3) is 5.91 Å². The number of methoxy groups -OCH3 is 1. The van der Waals surface area contributed by atoms with Crippen LogP contribution >= 0.6 is 0 Å². The molecule has 1 aromatic heterocycles. The first kappa shape index (κ1) is 14.8. The van der Waals surface area contributed by atoms with Crippen molar-refractivity contribution < 1.29 is 9.53 Å². The topological polar surface area (TPSA) is 77.2 Å². The van der Waals surface area contributed by atoms with Crippen molar-refractivity contribution in [3.63, 3.8) is 0 Å². The lowest BCUT2D eigenvalue weighted by molar-refractivity contribution is 0.0939. The van der Waals surface area contributed by atoms with Gasteiger partial charge in [0.2, 0.25) is 0 Å². The molecule has 0 spiro atoms. The second-order valence-electron chi connectivity index (χ2n) is 4.87. The van der Waals surface area contributed by atoms with Gasteiger partial charge in [0.05, 0.1) is 36.3 Å². The first-order valence-electron chi connectivity index (χ1n) is 6.68. The maximum Gasteiger partial charge on any atom is 0.253 e. The van der Waals surface area contributed by atoms with Gasteiger partial charge in [-0.2, -0.15) is 0 Å². The van der Waals surface area contributed by atoms with Crippen LogP contribution in [0, 0.1) is 6.92 Å². The fraction of sp³-hybridized carbons (Fsp3) is 0.250. The van der Waals surface area contributed by atoms with Crippen LogP contribution in [-0.2, 0) is 0 Å². The largest absolute Gasteiger partial charge is 0.497 e. The number of pyridine rings is 1. The Bertz CT molecular complexity index is 656. The van der Waals surface area contributed by atoms with Crippen molar-refractivity contribution in [1.82, 2.24) is 10.3 Å². The minimum absolute atomic E-state index is 0.145. The second-order valence-corrected chi connectivity index (χ2v) is 4.87. The number of carbonyl (C=O) groups excluding carboxylic acids is 1.